The van der Waals surface area contributed by atoms with Crippen LogP contribution in [0.4, 0.5) is 0 Å². The van der Waals surface area contributed by atoms with Crippen LogP contribution in [-0.2, 0) is 37.9 Å². The average molecular weight is 573 g/mol. The lowest BCUT2D eigenvalue weighted by Gasteiger charge is -2.44. The first-order valence-electron chi connectivity index (χ1n) is 13.6. The second kappa shape index (κ2) is 19.5. The molecule has 0 aromatic carbocycles. The normalized spacial score (nSPS) is 35.4. The van der Waals surface area contributed by atoms with E-state index >= 15 is 0 Å². The second-order valence-electron chi connectivity index (χ2n) is 9.51. The summed E-state index contributed by atoms with van der Waals surface area (Å²) in [6.45, 7) is 2.42. The molecule has 2 fully saturated rings. The molecule has 6 N–H and O–H groups in total. The van der Waals surface area contributed by atoms with Crippen molar-refractivity contribution in [3.05, 3.63) is 0 Å². The van der Waals surface area contributed by atoms with Gasteiger partial charge in [0.25, 0.3) is 0 Å². The van der Waals surface area contributed by atoms with Gasteiger partial charge in [-0.3, -0.25) is 0 Å². The fraction of sp³-hybridized carbons (Fsp3) is 1.00. The van der Waals surface area contributed by atoms with E-state index in [1.165, 1.54) is 7.11 Å². The zero-order valence-electron chi connectivity index (χ0n) is 22.9. The van der Waals surface area contributed by atoms with Crippen LogP contribution in [0.25, 0.3) is 0 Å². The molecule has 0 aromatic heterocycles. The molecular formula is C25H48O14. The van der Waals surface area contributed by atoms with E-state index < -0.39 is 54.9 Å². The fourth-order valence-corrected chi connectivity index (χ4v) is 4.87. The SMILES string of the molecule is CCC1C(COCCOCCO)OC(COCC2C(COCCO)OC(OC)C(OCCO)C2O)C(O)C1O. The van der Waals surface area contributed by atoms with E-state index in [1.807, 2.05) is 6.92 Å². The molecule has 0 saturated carbocycles. The maximum absolute atomic E-state index is 11.1. The van der Waals surface area contributed by atoms with Gasteiger partial charge in [-0.15, -0.1) is 0 Å². The summed E-state index contributed by atoms with van der Waals surface area (Å²) in [5.41, 5.74) is 0. The van der Waals surface area contributed by atoms with Gasteiger partial charge in [0, 0.05) is 18.9 Å². The summed E-state index contributed by atoms with van der Waals surface area (Å²) in [5, 5.41) is 59.5. The Morgan fingerprint density at radius 2 is 1.18 bits per heavy atom. The van der Waals surface area contributed by atoms with E-state index in [1.54, 1.807) is 0 Å². The third-order valence-electron chi connectivity index (χ3n) is 6.93. The predicted octanol–water partition coefficient (Wildman–Crippen LogP) is -2.72. The van der Waals surface area contributed by atoms with Gasteiger partial charge in [-0.2, -0.15) is 0 Å². The van der Waals surface area contributed by atoms with Crippen molar-refractivity contribution in [1.82, 2.24) is 0 Å². The molecule has 0 aromatic rings. The van der Waals surface area contributed by atoms with Crippen molar-refractivity contribution in [2.24, 2.45) is 11.8 Å². The summed E-state index contributed by atoms with van der Waals surface area (Å²) >= 11 is 0. The summed E-state index contributed by atoms with van der Waals surface area (Å²) in [6.07, 6.45) is -6.56. The third-order valence-corrected chi connectivity index (χ3v) is 6.93. The molecule has 0 bridgehead atoms. The first-order valence-corrected chi connectivity index (χ1v) is 13.6. The first kappa shape index (κ1) is 34.6. The van der Waals surface area contributed by atoms with Crippen molar-refractivity contribution in [3.63, 3.8) is 0 Å². The minimum Gasteiger partial charge on any atom is -0.394 e. The second-order valence-corrected chi connectivity index (χ2v) is 9.51. The zero-order valence-corrected chi connectivity index (χ0v) is 22.9. The first-order chi connectivity index (χ1) is 18.9. The number of methoxy groups -OCH3 is 1. The minimum atomic E-state index is -1.19. The van der Waals surface area contributed by atoms with Gasteiger partial charge in [0.2, 0.25) is 0 Å². The number of rotatable bonds is 20. The van der Waals surface area contributed by atoms with Gasteiger partial charge in [0.15, 0.2) is 6.29 Å². The van der Waals surface area contributed by atoms with Crippen LogP contribution in [0.3, 0.4) is 0 Å². The van der Waals surface area contributed by atoms with Crippen LogP contribution >= 0.6 is 0 Å². The lowest BCUT2D eigenvalue weighted by Crippen LogP contribution is -2.59. The van der Waals surface area contributed by atoms with Crippen LogP contribution in [0.5, 0.6) is 0 Å². The summed E-state index contributed by atoms with van der Waals surface area (Å²) in [6, 6.07) is 0. The van der Waals surface area contributed by atoms with Gasteiger partial charge in [-0.05, 0) is 6.42 Å². The molecule has 2 rings (SSSR count). The summed E-state index contributed by atoms with van der Waals surface area (Å²) in [5.74, 6) is -0.975. The molecule has 0 radical (unpaired) electrons. The van der Waals surface area contributed by atoms with Crippen LogP contribution in [0.1, 0.15) is 13.3 Å². The van der Waals surface area contributed by atoms with E-state index in [-0.39, 0.29) is 78.6 Å². The zero-order chi connectivity index (χ0) is 28.6. The highest BCUT2D eigenvalue weighted by Gasteiger charge is 2.47. The van der Waals surface area contributed by atoms with Crippen LogP contribution in [0.15, 0.2) is 0 Å². The summed E-state index contributed by atoms with van der Waals surface area (Å²) in [4.78, 5) is 0. The molecule has 39 heavy (non-hydrogen) atoms. The van der Waals surface area contributed by atoms with Crippen LogP contribution in [-0.4, -0.2) is 166 Å². The largest absolute Gasteiger partial charge is 0.394 e. The van der Waals surface area contributed by atoms with E-state index in [9.17, 15) is 15.3 Å². The number of ether oxygens (including phenoxy) is 8. The lowest BCUT2D eigenvalue weighted by atomic mass is 9.85. The standard InChI is InChI=1S/C25H48O14/c1-3-16-18(13-35-11-10-33-7-4-26)38-20(23(31)21(16)29)15-36-12-17-19(14-34-8-5-27)39-25(32-2)24(22(17)30)37-9-6-28/h16-31H,3-15H2,1-2H3. The Bertz CT molecular complexity index is 613. The Morgan fingerprint density at radius 3 is 1.82 bits per heavy atom. The molecule has 0 aliphatic carbocycles. The van der Waals surface area contributed by atoms with Gasteiger partial charge < -0.3 is 68.5 Å². The maximum Gasteiger partial charge on any atom is 0.186 e. The number of aliphatic hydroxyl groups excluding tert-OH is 6. The minimum absolute atomic E-state index is 0.0209. The van der Waals surface area contributed by atoms with E-state index in [0.717, 1.165) is 0 Å². The number of hydrogen-bond acceptors (Lipinski definition) is 14. The van der Waals surface area contributed by atoms with Gasteiger partial charge in [-0.25, -0.2) is 0 Å². The van der Waals surface area contributed by atoms with Crippen molar-refractivity contribution < 1.29 is 68.5 Å². The predicted molar refractivity (Wildman–Crippen MR) is 134 cm³/mol. The molecule has 14 heteroatoms. The van der Waals surface area contributed by atoms with Gasteiger partial charge in [0.05, 0.1) is 104 Å². The lowest BCUT2D eigenvalue weighted by molar-refractivity contribution is -0.301. The van der Waals surface area contributed by atoms with Crippen molar-refractivity contribution in [2.45, 2.75) is 62.4 Å². The number of hydrogen-bond donors (Lipinski definition) is 6. The Balaban J connectivity index is 1.98. The molecule has 2 heterocycles. The van der Waals surface area contributed by atoms with Gasteiger partial charge in [0.1, 0.15) is 18.3 Å². The Morgan fingerprint density at radius 1 is 0.590 bits per heavy atom. The Hall–Kier alpha value is -0.560. The molecule has 232 valence electrons. The molecule has 2 saturated heterocycles. The van der Waals surface area contributed by atoms with Crippen LogP contribution in [0.2, 0.25) is 0 Å². The van der Waals surface area contributed by atoms with Crippen molar-refractivity contribution >= 4 is 0 Å². The van der Waals surface area contributed by atoms with Crippen LogP contribution in [0, 0.1) is 11.8 Å². The quantitative estimate of drug-likeness (QED) is 0.0823. The van der Waals surface area contributed by atoms with Crippen molar-refractivity contribution in [2.75, 3.05) is 86.4 Å². The fourth-order valence-electron chi connectivity index (χ4n) is 4.87. The van der Waals surface area contributed by atoms with E-state index in [2.05, 4.69) is 0 Å². The van der Waals surface area contributed by atoms with Crippen molar-refractivity contribution in [1.29, 1.82) is 0 Å². The molecular weight excluding hydrogens is 524 g/mol. The molecule has 0 spiro atoms. The number of aliphatic hydroxyl groups is 6. The smallest absolute Gasteiger partial charge is 0.186 e. The molecule has 14 nitrogen and oxygen atoms in total. The maximum atomic E-state index is 11.1. The highest BCUT2D eigenvalue weighted by molar-refractivity contribution is 4.93. The third kappa shape index (κ3) is 10.7. The van der Waals surface area contributed by atoms with E-state index in [0.29, 0.717) is 13.0 Å². The Labute approximate surface area is 229 Å². The highest BCUT2D eigenvalue weighted by Crippen LogP contribution is 2.31. The molecule has 0 amide bonds. The molecule has 10 unspecified atom stereocenters. The summed E-state index contributed by atoms with van der Waals surface area (Å²) < 4.78 is 45.0. The summed E-state index contributed by atoms with van der Waals surface area (Å²) in [7, 11) is 1.41. The molecule has 2 aliphatic heterocycles. The van der Waals surface area contributed by atoms with Crippen molar-refractivity contribution in [3.8, 4) is 0 Å². The van der Waals surface area contributed by atoms with E-state index in [4.69, 9.17) is 53.2 Å². The molecule has 2 aliphatic rings. The monoisotopic (exact) mass is 572 g/mol. The Kier molecular flexibility index (Phi) is 17.4. The van der Waals surface area contributed by atoms with Gasteiger partial charge >= 0.3 is 0 Å². The van der Waals surface area contributed by atoms with Gasteiger partial charge in [-0.1, -0.05) is 6.92 Å². The average Bonchev–Trinajstić information content (AvgIpc) is 2.93. The topological polar surface area (TPSA) is 195 Å². The molecule has 10 atom stereocenters. The highest BCUT2D eigenvalue weighted by atomic mass is 16.7. The van der Waals surface area contributed by atoms with Crippen LogP contribution < -0.4 is 0 Å².